The number of unbranched alkanes of at least 4 members (excludes halogenated alkanes) is 8. The molecule has 23 heteroatoms. The van der Waals surface area contributed by atoms with Crippen molar-refractivity contribution in [3.8, 4) is 0 Å². The van der Waals surface area contributed by atoms with Crippen LogP contribution in [0.5, 0.6) is 0 Å². The SMILES string of the molecule is CCCCC[C@@H](O)/C=C/[C@@H]1[C@H](O)[C@H](O)[C@H]2COP(=O)(O)OP(=O)(O)OC[C@H](OC(=O)CCCCCCCCCC(C)C)COC(=O)C/C=C\C[C@@H]([C@H](n3ccc(N)nc3=O)O2)[C@@H](O)C[C@H]1O. The average Bonchev–Trinajstić information content (AvgIpc) is 3.23. The van der Waals surface area contributed by atoms with Crippen LogP contribution in [0.15, 0.2) is 41.4 Å². The maximum atomic E-state index is 13.3. The second kappa shape index (κ2) is 29.2. The van der Waals surface area contributed by atoms with Crippen molar-refractivity contribution in [3.63, 3.8) is 0 Å². The van der Waals surface area contributed by atoms with E-state index in [1.165, 1.54) is 43.2 Å². The molecule has 1 aromatic rings. The Bertz CT molecular complexity index is 1830. The summed E-state index contributed by atoms with van der Waals surface area (Å²) in [4.78, 5) is 63.9. The highest BCUT2D eigenvalue weighted by molar-refractivity contribution is 7.61. The fourth-order valence-electron chi connectivity index (χ4n) is 7.57. The van der Waals surface area contributed by atoms with Gasteiger partial charge in [-0.2, -0.15) is 9.29 Å². The highest BCUT2D eigenvalue weighted by Gasteiger charge is 2.45. The first-order valence-electron chi connectivity index (χ1n) is 23.0. The van der Waals surface area contributed by atoms with Gasteiger partial charge in [-0.25, -0.2) is 13.9 Å². The number of esters is 2. The molecular formula is C43H73N3O18P2. The lowest BCUT2D eigenvalue weighted by Gasteiger charge is -2.40. The Morgan fingerprint density at radius 2 is 1.56 bits per heavy atom. The molecule has 0 aromatic carbocycles. The van der Waals surface area contributed by atoms with Crippen LogP contribution in [-0.2, 0) is 46.3 Å². The van der Waals surface area contributed by atoms with Crippen molar-refractivity contribution in [1.29, 1.82) is 0 Å². The molecule has 12 atom stereocenters. The van der Waals surface area contributed by atoms with Crippen molar-refractivity contribution in [2.75, 3.05) is 25.6 Å². The number of carbonyl (C=O) groups excluding carboxylic acids is 2. The predicted molar refractivity (Wildman–Crippen MR) is 240 cm³/mol. The summed E-state index contributed by atoms with van der Waals surface area (Å²) in [6.45, 7) is 3.56. The smallest absolute Gasteiger partial charge is 0.461 e. The van der Waals surface area contributed by atoms with Crippen molar-refractivity contribution in [3.05, 3.63) is 47.1 Å². The number of nitrogens with two attached hydrogens (primary N) is 1. The molecule has 0 radical (unpaired) electrons. The number of nitrogens with zero attached hydrogens (tertiary/aromatic N) is 2. The van der Waals surface area contributed by atoms with E-state index in [9.17, 15) is 58.8 Å². The van der Waals surface area contributed by atoms with Crippen LogP contribution in [0.3, 0.4) is 0 Å². The molecule has 0 amide bonds. The highest BCUT2D eigenvalue weighted by atomic mass is 31.3. The van der Waals surface area contributed by atoms with Gasteiger partial charge in [0.15, 0.2) is 6.10 Å². The van der Waals surface area contributed by atoms with E-state index in [2.05, 4.69) is 23.1 Å². The Labute approximate surface area is 386 Å². The lowest BCUT2D eigenvalue weighted by atomic mass is 9.82. The zero-order chi connectivity index (χ0) is 48.9. The van der Waals surface area contributed by atoms with E-state index in [-0.39, 0.29) is 25.1 Å². The molecule has 1 aromatic heterocycles. The Hall–Kier alpha value is -2.88. The molecule has 2 bridgehead atoms. The van der Waals surface area contributed by atoms with Gasteiger partial charge >= 0.3 is 33.3 Å². The van der Waals surface area contributed by atoms with Crippen LogP contribution < -0.4 is 11.4 Å². The van der Waals surface area contributed by atoms with Crippen LogP contribution in [0.25, 0.3) is 0 Å². The summed E-state index contributed by atoms with van der Waals surface area (Å²) in [5.41, 5.74) is 4.72. The second-order valence-corrected chi connectivity index (χ2v) is 20.4. The number of ether oxygens (including phenoxy) is 3. The third-order valence-electron chi connectivity index (χ3n) is 11.3. The summed E-state index contributed by atoms with van der Waals surface area (Å²) in [6.07, 6.45) is 2.46. The van der Waals surface area contributed by atoms with Crippen LogP contribution in [0.1, 0.15) is 130 Å². The number of anilines is 1. The van der Waals surface area contributed by atoms with Crippen LogP contribution in [0, 0.1) is 17.8 Å². The first kappa shape index (κ1) is 57.4. The van der Waals surface area contributed by atoms with Gasteiger partial charge < -0.3 is 55.3 Å². The average molecular weight is 982 g/mol. The van der Waals surface area contributed by atoms with Gasteiger partial charge in [0, 0.05) is 30.9 Å². The molecule has 2 aliphatic rings. The maximum absolute atomic E-state index is 13.3. The summed E-state index contributed by atoms with van der Waals surface area (Å²) in [7, 11) is -11.3. The summed E-state index contributed by atoms with van der Waals surface area (Å²) < 4.78 is 58.5. The lowest BCUT2D eigenvalue weighted by molar-refractivity contribution is -0.194. The number of aromatic nitrogens is 2. The van der Waals surface area contributed by atoms with E-state index in [4.69, 9.17) is 29.0 Å². The molecular weight excluding hydrogens is 908 g/mol. The Morgan fingerprint density at radius 3 is 2.23 bits per heavy atom. The number of allylic oxidation sites excluding steroid dienone is 1. The van der Waals surface area contributed by atoms with Gasteiger partial charge in [-0.05, 0) is 31.2 Å². The first-order chi connectivity index (χ1) is 31.2. The Morgan fingerprint density at radius 1 is 0.909 bits per heavy atom. The fourth-order valence-corrected chi connectivity index (χ4v) is 9.68. The molecule has 21 nitrogen and oxygen atoms in total. The number of hydrogen-bond acceptors (Lipinski definition) is 18. The first-order valence-corrected chi connectivity index (χ1v) is 26.0. The molecule has 3 rings (SSSR count). The van der Waals surface area contributed by atoms with Crippen LogP contribution in [-0.4, -0.2) is 119 Å². The second-order valence-electron chi connectivity index (χ2n) is 17.4. The quantitative estimate of drug-likeness (QED) is 0.0434. The van der Waals surface area contributed by atoms with Gasteiger partial charge in [-0.1, -0.05) is 109 Å². The molecule has 0 spiro atoms. The number of hydrogen-bond donors (Lipinski definition) is 8. The van der Waals surface area contributed by atoms with Gasteiger partial charge in [0.1, 0.15) is 30.9 Å². The molecule has 1 fully saturated rings. The standard InChI is InChI=1S/C43H73N3O18P2/c1-4-5-11-17-30(47)21-22-32-34(48)25-35(49)33-18-14-15-19-38(50)59-26-31(62-39(51)20-13-10-8-6-7-9-12-16-29(2)3)27-60-65(55,56)64-66(57,58)61-28-36(41(53)40(32)52)63-42(33)46-24-23-37(44)45-43(46)54/h14-15,21-24,29-36,40-42,47-49,52-53H,4-13,16-20,25-28H2,1-3H3,(H,55,56)(H,57,58)(H2,44,45,54)/b15-14-,22-21+/t30-,31-,32+,33-,34-,35+,36-,40+,41-,42-/m1/s1. The molecule has 1 saturated heterocycles. The molecule has 2 aliphatic heterocycles. The van der Waals surface area contributed by atoms with Crippen molar-refractivity contribution in [2.24, 2.45) is 17.8 Å². The normalized spacial score (nSPS) is 32.2. The Kier molecular flexibility index (Phi) is 25.4. The number of rotatable bonds is 18. The van der Waals surface area contributed by atoms with Gasteiger partial charge in [0.25, 0.3) is 0 Å². The number of aliphatic hydroxyl groups excluding tert-OH is 5. The van der Waals surface area contributed by atoms with E-state index < -0.39 is 120 Å². The zero-order valence-electron chi connectivity index (χ0n) is 38.2. The highest BCUT2D eigenvalue weighted by Crippen LogP contribution is 2.60. The van der Waals surface area contributed by atoms with Gasteiger partial charge in [0.05, 0.1) is 44.1 Å². The molecule has 66 heavy (non-hydrogen) atoms. The summed E-state index contributed by atoms with van der Waals surface area (Å²) >= 11 is 0. The van der Waals surface area contributed by atoms with Gasteiger partial charge in [0.2, 0.25) is 0 Å². The van der Waals surface area contributed by atoms with Crippen LogP contribution >= 0.6 is 15.6 Å². The minimum atomic E-state index is -5.69. The Balaban J connectivity index is 1.93. The maximum Gasteiger partial charge on any atom is 0.481 e. The predicted octanol–water partition coefficient (Wildman–Crippen LogP) is 4.51. The molecule has 0 aliphatic carbocycles. The zero-order valence-corrected chi connectivity index (χ0v) is 40.0. The summed E-state index contributed by atoms with van der Waals surface area (Å²) in [5.74, 6) is -3.77. The van der Waals surface area contributed by atoms with Crippen LogP contribution in [0.2, 0.25) is 0 Å². The summed E-state index contributed by atoms with van der Waals surface area (Å²) in [5, 5.41) is 57.1. The van der Waals surface area contributed by atoms with Gasteiger partial charge in [-0.3, -0.25) is 23.2 Å². The van der Waals surface area contributed by atoms with Gasteiger partial charge in [-0.15, -0.1) is 0 Å². The number of carbonyl (C=O) groups is 2. The van der Waals surface area contributed by atoms with E-state index in [1.807, 2.05) is 6.92 Å². The molecule has 0 saturated carbocycles. The summed E-state index contributed by atoms with van der Waals surface area (Å²) in [6, 6.07) is 1.22. The minimum absolute atomic E-state index is 0.0150. The minimum Gasteiger partial charge on any atom is -0.461 e. The number of fused-ring (bicyclic) bond motifs is 3. The van der Waals surface area contributed by atoms with E-state index >= 15 is 0 Å². The van der Waals surface area contributed by atoms with E-state index in [1.54, 1.807) is 0 Å². The fraction of sp³-hybridized carbons (Fsp3) is 0.767. The van der Waals surface area contributed by atoms with Crippen molar-refractivity contribution < 1.29 is 81.6 Å². The van der Waals surface area contributed by atoms with Crippen molar-refractivity contribution in [1.82, 2.24) is 9.55 Å². The number of phosphoric acid groups is 2. The monoisotopic (exact) mass is 981 g/mol. The largest absolute Gasteiger partial charge is 0.481 e. The molecule has 378 valence electrons. The van der Waals surface area contributed by atoms with Crippen molar-refractivity contribution >= 4 is 33.4 Å². The number of nitrogen functional groups attached to an aromatic ring is 1. The molecule has 9 N–H and O–H groups in total. The third kappa shape index (κ3) is 21.2. The van der Waals surface area contributed by atoms with E-state index in [0.29, 0.717) is 25.2 Å². The van der Waals surface area contributed by atoms with Crippen LogP contribution in [0.4, 0.5) is 5.82 Å². The lowest BCUT2D eigenvalue weighted by Crippen LogP contribution is -2.52. The number of phosphoric ester groups is 2. The topological polar surface area (TPSA) is 326 Å². The third-order valence-corrected chi connectivity index (χ3v) is 13.9. The van der Waals surface area contributed by atoms with Crippen molar-refractivity contribution in [2.45, 2.75) is 172 Å². The number of cyclic esters (lactones) is 1. The number of aliphatic hydroxyl groups is 5. The van der Waals surface area contributed by atoms with E-state index in [0.717, 1.165) is 55.7 Å². The molecule has 3 heterocycles. The molecule has 2 unspecified atom stereocenters.